The van der Waals surface area contributed by atoms with Crippen molar-refractivity contribution in [2.45, 2.75) is 32.0 Å². The lowest BCUT2D eigenvalue weighted by atomic mass is 10.1. The predicted octanol–water partition coefficient (Wildman–Crippen LogP) is 2.34. The van der Waals surface area contributed by atoms with Crippen LogP contribution in [0.4, 0.5) is 4.79 Å². The molecule has 1 unspecified atom stereocenters. The SMILES string of the molecule is CC(OC(=O)N1CCC(O)CC1)c1ccccc1. The highest BCUT2D eigenvalue weighted by molar-refractivity contribution is 5.68. The lowest BCUT2D eigenvalue weighted by Crippen LogP contribution is -2.40. The minimum absolute atomic E-state index is 0.245. The summed E-state index contributed by atoms with van der Waals surface area (Å²) in [7, 11) is 0. The van der Waals surface area contributed by atoms with E-state index in [2.05, 4.69) is 0 Å². The van der Waals surface area contributed by atoms with Gasteiger partial charge in [0.25, 0.3) is 0 Å². The fraction of sp³-hybridized carbons (Fsp3) is 0.500. The van der Waals surface area contributed by atoms with Crippen LogP contribution in [0.15, 0.2) is 30.3 Å². The molecule has 0 bridgehead atoms. The molecule has 4 heteroatoms. The zero-order valence-corrected chi connectivity index (χ0v) is 10.6. The van der Waals surface area contributed by atoms with Gasteiger partial charge in [0, 0.05) is 13.1 Å². The maximum absolute atomic E-state index is 11.9. The molecule has 1 aromatic rings. The highest BCUT2D eigenvalue weighted by atomic mass is 16.6. The van der Waals surface area contributed by atoms with Gasteiger partial charge in [-0.15, -0.1) is 0 Å². The number of carbonyl (C=O) groups excluding carboxylic acids is 1. The third-order valence-electron chi connectivity index (χ3n) is 3.27. The maximum Gasteiger partial charge on any atom is 0.410 e. The number of aliphatic hydroxyl groups excluding tert-OH is 1. The van der Waals surface area contributed by atoms with Gasteiger partial charge in [0.15, 0.2) is 0 Å². The van der Waals surface area contributed by atoms with Crippen molar-refractivity contribution in [3.8, 4) is 0 Å². The van der Waals surface area contributed by atoms with Crippen LogP contribution < -0.4 is 0 Å². The minimum atomic E-state index is -0.293. The summed E-state index contributed by atoms with van der Waals surface area (Å²) in [6.07, 6.45) is 0.452. The summed E-state index contributed by atoms with van der Waals surface area (Å²) in [5.41, 5.74) is 0.989. The Hall–Kier alpha value is -1.55. The second kappa shape index (κ2) is 5.87. The molecule has 4 nitrogen and oxygen atoms in total. The number of hydrogen-bond acceptors (Lipinski definition) is 3. The predicted molar refractivity (Wildman–Crippen MR) is 68.2 cm³/mol. The van der Waals surface area contributed by atoms with Crippen LogP contribution in [-0.2, 0) is 4.74 Å². The van der Waals surface area contributed by atoms with Crippen LogP contribution in [0, 0.1) is 0 Å². The number of benzene rings is 1. The van der Waals surface area contributed by atoms with Gasteiger partial charge in [-0.25, -0.2) is 4.79 Å². The summed E-state index contributed by atoms with van der Waals surface area (Å²) in [5, 5.41) is 9.39. The number of hydrogen-bond donors (Lipinski definition) is 1. The molecule has 0 aromatic heterocycles. The van der Waals surface area contributed by atoms with Crippen LogP contribution in [-0.4, -0.2) is 35.3 Å². The lowest BCUT2D eigenvalue weighted by Gasteiger charge is -2.29. The van der Waals surface area contributed by atoms with Gasteiger partial charge in [0.05, 0.1) is 6.10 Å². The van der Waals surface area contributed by atoms with Crippen molar-refractivity contribution in [2.75, 3.05) is 13.1 Å². The molecule has 1 aromatic carbocycles. The number of rotatable bonds is 2. The summed E-state index contributed by atoms with van der Waals surface area (Å²) in [6.45, 7) is 3.01. The van der Waals surface area contributed by atoms with E-state index in [1.54, 1.807) is 4.90 Å². The molecule has 1 aliphatic heterocycles. The molecular weight excluding hydrogens is 230 g/mol. The topological polar surface area (TPSA) is 49.8 Å². The molecule has 1 saturated heterocycles. The highest BCUT2D eigenvalue weighted by Crippen LogP contribution is 2.19. The first-order chi connectivity index (χ1) is 8.66. The van der Waals surface area contributed by atoms with Gasteiger partial charge in [-0.05, 0) is 25.3 Å². The number of carbonyl (C=O) groups is 1. The summed E-state index contributed by atoms with van der Waals surface area (Å²) in [6, 6.07) is 9.67. The van der Waals surface area contributed by atoms with E-state index in [0.29, 0.717) is 25.9 Å². The second-order valence-corrected chi connectivity index (χ2v) is 4.65. The van der Waals surface area contributed by atoms with Crippen LogP contribution in [0.1, 0.15) is 31.4 Å². The Balaban J connectivity index is 1.87. The van der Waals surface area contributed by atoms with Gasteiger partial charge in [-0.2, -0.15) is 0 Å². The van der Waals surface area contributed by atoms with Gasteiger partial charge >= 0.3 is 6.09 Å². The summed E-state index contributed by atoms with van der Waals surface area (Å²) >= 11 is 0. The van der Waals surface area contributed by atoms with Gasteiger partial charge in [-0.1, -0.05) is 30.3 Å². The molecule has 0 radical (unpaired) electrons. The molecule has 0 saturated carbocycles. The number of aliphatic hydroxyl groups is 1. The van der Waals surface area contributed by atoms with Gasteiger partial charge < -0.3 is 14.7 Å². The Kier molecular flexibility index (Phi) is 4.20. The van der Waals surface area contributed by atoms with Crippen molar-refractivity contribution in [2.24, 2.45) is 0 Å². The Morgan fingerprint density at radius 2 is 1.94 bits per heavy atom. The van der Waals surface area contributed by atoms with E-state index in [1.807, 2.05) is 37.3 Å². The first kappa shape index (κ1) is 12.9. The smallest absolute Gasteiger partial charge is 0.410 e. The van der Waals surface area contributed by atoms with Crippen molar-refractivity contribution in [1.29, 1.82) is 0 Å². The molecule has 0 aliphatic carbocycles. The number of piperidine rings is 1. The van der Waals surface area contributed by atoms with Gasteiger partial charge in [0.2, 0.25) is 0 Å². The van der Waals surface area contributed by atoms with Crippen LogP contribution in [0.25, 0.3) is 0 Å². The lowest BCUT2D eigenvalue weighted by molar-refractivity contribution is 0.0412. The number of likely N-dealkylation sites (tertiary alicyclic amines) is 1. The van der Waals surface area contributed by atoms with Crippen LogP contribution in [0.3, 0.4) is 0 Å². The van der Waals surface area contributed by atoms with E-state index in [0.717, 1.165) is 5.56 Å². The Labute approximate surface area is 107 Å². The number of amides is 1. The molecule has 1 atom stereocenters. The molecule has 18 heavy (non-hydrogen) atoms. The molecule has 1 amide bonds. The molecule has 1 fully saturated rings. The van der Waals surface area contributed by atoms with E-state index in [1.165, 1.54) is 0 Å². The van der Waals surface area contributed by atoms with Crippen LogP contribution in [0.2, 0.25) is 0 Å². The molecule has 2 rings (SSSR count). The average Bonchev–Trinajstić information content (AvgIpc) is 2.40. The zero-order chi connectivity index (χ0) is 13.0. The average molecular weight is 249 g/mol. The molecule has 1 N–H and O–H groups in total. The Bertz CT molecular complexity index is 385. The summed E-state index contributed by atoms with van der Waals surface area (Å²) < 4.78 is 5.42. The van der Waals surface area contributed by atoms with E-state index >= 15 is 0 Å². The monoisotopic (exact) mass is 249 g/mol. The first-order valence-electron chi connectivity index (χ1n) is 6.35. The van der Waals surface area contributed by atoms with Crippen molar-refractivity contribution < 1.29 is 14.6 Å². The van der Waals surface area contributed by atoms with E-state index in [-0.39, 0.29) is 18.3 Å². The van der Waals surface area contributed by atoms with Crippen LogP contribution >= 0.6 is 0 Å². The normalized spacial score (nSPS) is 18.4. The molecular formula is C14H19NO3. The standard InChI is InChI=1S/C14H19NO3/c1-11(12-5-3-2-4-6-12)18-14(17)15-9-7-13(16)8-10-15/h2-6,11,13,16H,7-10H2,1H3. The van der Waals surface area contributed by atoms with Crippen molar-refractivity contribution >= 4 is 6.09 Å². The van der Waals surface area contributed by atoms with Gasteiger partial charge in [0.1, 0.15) is 6.10 Å². The first-order valence-corrected chi connectivity index (χ1v) is 6.35. The number of nitrogens with zero attached hydrogens (tertiary/aromatic N) is 1. The summed E-state index contributed by atoms with van der Waals surface area (Å²) in [4.78, 5) is 13.6. The largest absolute Gasteiger partial charge is 0.442 e. The van der Waals surface area contributed by atoms with Crippen molar-refractivity contribution in [1.82, 2.24) is 4.90 Å². The minimum Gasteiger partial charge on any atom is -0.442 e. The fourth-order valence-corrected chi connectivity index (χ4v) is 2.07. The fourth-order valence-electron chi connectivity index (χ4n) is 2.07. The maximum atomic E-state index is 11.9. The molecule has 1 aliphatic rings. The summed E-state index contributed by atoms with van der Waals surface area (Å²) in [5.74, 6) is 0. The third kappa shape index (κ3) is 3.23. The van der Waals surface area contributed by atoms with Gasteiger partial charge in [-0.3, -0.25) is 0 Å². The van der Waals surface area contributed by atoms with Crippen molar-refractivity contribution in [3.05, 3.63) is 35.9 Å². The van der Waals surface area contributed by atoms with E-state index in [9.17, 15) is 9.90 Å². The second-order valence-electron chi connectivity index (χ2n) is 4.65. The van der Waals surface area contributed by atoms with Crippen molar-refractivity contribution in [3.63, 3.8) is 0 Å². The van der Waals surface area contributed by atoms with E-state index < -0.39 is 0 Å². The molecule has 0 spiro atoms. The number of ether oxygens (including phenoxy) is 1. The molecule has 1 heterocycles. The zero-order valence-electron chi connectivity index (χ0n) is 10.6. The highest BCUT2D eigenvalue weighted by Gasteiger charge is 2.23. The third-order valence-corrected chi connectivity index (χ3v) is 3.27. The Morgan fingerprint density at radius 1 is 1.33 bits per heavy atom. The molecule has 98 valence electrons. The Morgan fingerprint density at radius 3 is 2.56 bits per heavy atom. The van der Waals surface area contributed by atoms with E-state index in [4.69, 9.17) is 4.74 Å². The quantitative estimate of drug-likeness (QED) is 0.875. The van der Waals surface area contributed by atoms with Crippen LogP contribution in [0.5, 0.6) is 0 Å².